The van der Waals surface area contributed by atoms with Gasteiger partial charge in [0.05, 0.1) is 11.7 Å². The van der Waals surface area contributed by atoms with Gasteiger partial charge in [0, 0.05) is 12.0 Å². The molecule has 0 saturated heterocycles. The molecule has 21 heavy (non-hydrogen) atoms. The van der Waals surface area contributed by atoms with Crippen molar-refractivity contribution in [3.05, 3.63) is 29.3 Å². The van der Waals surface area contributed by atoms with Crippen LogP contribution >= 0.6 is 0 Å². The first-order chi connectivity index (χ1) is 9.61. The zero-order valence-corrected chi connectivity index (χ0v) is 11.1. The maximum Gasteiger partial charge on any atom is 0.419 e. The van der Waals surface area contributed by atoms with Crippen LogP contribution in [-0.2, 0) is 11.0 Å². The molecule has 8 heteroatoms. The molecule has 1 unspecified atom stereocenters. The minimum absolute atomic E-state index is 0.0597. The SMILES string of the molecule is CC(CCC(=O)O)Oc1ccc(C(N)=O)cc1C(F)(F)F. The quantitative estimate of drug-likeness (QED) is 0.844. The van der Waals surface area contributed by atoms with Crippen LogP contribution in [0, 0.1) is 0 Å². The van der Waals surface area contributed by atoms with Crippen molar-refractivity contribution in [1.29, 1.82) is 0 Å². The number of primary amides is 1. The van der Waals surface area contributed by atoms with E-state index >= 15 is 0 Å². The Balaban J connectivity index is 3.00. The molecule has 0 spiro atoms. The van der Waals surface area contributed by atoms with Gasteiger partial charge in [-0.2, -0.15) is 13.2 Å². The zero-order valence-electron chi connectivity index (χ0n) is 11.1. The summed E-state index contributed by atoms with van der Waals surface area (Å²) in [4.78, 5) is 21.4. The van der Waals surface area contributed by atoms with Crippen molar-refractivity contribution in [1.82, 2.24) is 0 Å². The molecular formula is C13H14F3NO4. The van der Waals surface area contributed by atoms with Gasteiger partial charge in [0.1, 0.15) is 5.75 Å². The van der Waals surface area contributed by atoms with E-state index in [2.05, 4.69) is 0 Å². The first kappa shape index (κ1) is 16.8. The molecule has 5 nitrogen and oxygen atoms in total. The molecule has 3 N–H and O–H groups in total. The molecule has 0 aliphatic rings. The van der Waals surface area contributed by atoms with Crippen LogP contribution < -0.4 is 10.5 Å². The Morgan fingerprint density at radius 1 is 1.38 bits per heavy atom. The van der Waals surface area contributed by atoms with Gasteiger partial charge in [-0.05, 0) is 31.5 Å². The van der Waals surface area contributed by atoms with Crippen molar-refractivity contribution in [2.24, 2.45) is 5.73 Å². The molecule has 1 rings (SSSR count). The average Bonchev–Trinajstić information content (AvgIpc) is 2.35. The molecule has 0 aliphatic carbocycles. The van der Waals surface area contributed by atoms with Crippen molar-refractivity contribution in [3.8, 4) is 5.75 Å². The Morgan fingerprint density at radius 3 is 2.48 bits per heavy atom. The lowest BCUT2D eigenvalue weighted by Crippen LogP contribution is -2.18. The molecular weight excluding hydrogens is 291 g/mol. The van der Waals surface area contributed by atoms with Crippen LogP contribution in [-0.4, -0.2) is 23.1 Å². The molecule has 0 bridgehead atoms. The summed E-state index contributed by atoms with van der Waals surface area (Å²) >= 11 is 0. The summed E-state index contributed by atoms with van der Waals surface area (Å²) in [5.74, 6) is -2.51. The largest absolute Gasteiger partial charge is 0.490 e. The van der Waals surface area contributed by atoms with E-state index in [9.17, 15) is 22.8 Å². The van der Waals surface area contributed by atoms with Crippen LogP contribution in [0.15, 0.2) is 18.2 Å². The van der Waals surface area contributed by atoms with Crippen LogP contribution in [0.4, 0.5) is 13.2 Å². The fourth-order valence-electron chi connectivity index (χ4n) is 1.61. The minimum atomic E-state index is -4.71. The van der Waals surface area contributed by atoms with Crippen LogP contribution in [0.2, 0.25) is 0 Å². The molecule has 116 valence electrons. The smallest absolute Gasteiger partial charge is 0.419 e. The monoisotopic (exact) mass is 305 g/mol. The molecule has 0 aromatic heterocycles. The first-order valence-corrected chi connectivity index (χ1v) is 6.00. The van der Waals surface area contributed by atoms with Gasteiger partial charge >= 0.3 is 12.1 Å². The third-order valence-corrected chi connectivity index (χ3v) is 2.66. The average molecular weight is 305 g/mol. The van der Waals surface area contributed by atoms with E-state index in [0.29, 0.717) is 6.07 Å². The number of aliphatic carboxylic acids is 1. The molecule has 0 saturated carbocycles. The van der Waals surface area contributed by atoms with Gasteiger partial charge in [0.15, 0.2) is 0 Å². The Labute approximate surface area is 118 Å². The second-order valence-corrected chi connectivity index (χ2v) is 4.43. The van der Waals surface area contributed by atoms with Crippen molar-refractivity contribution in [3.63, 3.8) is 0 Å². The molecule has 1 aromatic carbocycles. The van der Waals surface area contributed by atoms with Crippen LogP contribution in [0.5, 0.6) is 5.75 Å². The van der Waals surface area contributed by atoms with Gasteiger partial charge in [-0.15, -0.1) is 0 Å². The number of carboxylic acids is 1. The number of amides is 1. The van der Waals surface area contributed by atoms with Crippen LogP contribution in [0.25, 0.3) is 0 Å². The van der Waals surface area contributed by atoms with E-state index in [1.54, 1.807) is 0 Å². The number of halogens is 3. The van der Waals surface area contributed by atoms with Crippen molar-refractivity contribution in [2.75, 3.05) is 0 Å². The lowest BCUT2D eigenvalue weighted by molar-refractivity contribution is -0.140. The number of benzene rings is 1. The summed E-state index contributed by atoms with van der Waals surface area (Å²) in [5.41, 5.74) is 3.54. The lowest BCUT2D eigenvalue weighted by atomic mass is 10.1. The number of carboxylic acid groups (broad SMARTS) is 1. The fraction of sp³-hybridized carbons (Fsp3) is 0.385. The number of hydrogen-bond donors (Lipinski definition) is 2. The third kappa shape index (κ3) is 4.97. The second kappa shape index (κ2) is 6.47. The maximum atomic E-state index is 12.9. The summed E-state index contributed by atoms with van der Waals surface area (Å²) in [6.45, 7) is 1.46. The molecule has 1 amide bonds. The summed E-state index contributed by atoms with van der Waals surface area (Å²) < 4.78 is 43.9. The van der Waals surface area contributed by atoms with Crippen LogP contribution in [0.1, 0.15) is 35.7 Å². The lowest BCUT2D eigenvalue weighted by Gasteiger charge is -2.18. The van der Waals surface area contributed by atoms with Crippen molar-refractivity contribution < 1.29 is 32.6 Å². The molecule has 0 heterocycles. The Hall–Kier alpha value is -2.25. The first-order valence-electron chi connectivity index (χ1n) is 6.00. The van der Waals surface area contributed by atoms with Gasteiger partial charge in [0.25, 0.3) is 0 Å². The number of hydrogen-bond acceptors (Lipinski definition) is 3. The highest BCUT2D eigenvalue weighted by molar-refractivity contribution is 5.93. The number of carbonyl (C=O) groups is 2. The van der Waals surface area contributed by atoms with Gasteiger partial charge in [-0.25, -0.2) is 0 Å². The minimum Gasteiger partial charge on any atom is -0.490 e. The van der Waals surface area contributed by atoms with Crippen LogP contribution in [0.3, 0.4) is 0 Å². The predicted molar refractivity (Wildman–Crippen MR) is 66.9 cm³/mol. The summed E-state index contributed by atoms with van der Waals surface area (Å²) in [7, 11) is 0. The zero-order chi connectivity index (χ0) is 16.2. The van der Waals surface area contributed by atoms with E-state index in [1.807, 2.05) is 0 Å². The normalized spacial score (nSPS) is 12.8. The van der Waals surface area contributed by atoms with Gasteiger partial charge in [-0.1, -0.05) is 0 Å². The highest BCUT2D eigenvalue weighted by atomic mass is 19.4. The Bertz CT molecular complexity index is 543. The van der Waals surface area contributed by atoms with E-state index in [0.717, 1.165) is 12.1 Å². The summed E-state index contributed by atoms with van der Waals surface area (Å²) in [6, 6.07) is 2.73. The van der Waals surface area contributed by atoms with Crippen molar-refractivity contribution in [2.45, 2.75) is 32.0 Å². The van der Waals surface area contributed by atoms with Gasteiger partial charge in [-0.3, -0.25) is 9.59 Å². The maximum absolute atomic E-state index is 12.9. The molecule has 1 atom stereocenters. The molecule has 0 aliphatic heterocycles. The topological polar surface area (TPSA) is 89.6 Å². The molecule has 1 aromatic rings. The summed E-state index contributed by atoms with van der Waals surface area (Å²) in [6.07, 6.45) is -5.60. The number of ether oxygens (including phenoxy) is 1. The number of carbonyl (C=O) groups excluding carboxylic acids is 1. The number of alkyl halides is 3. The van der Waals surface area contributed by atoms with Gasteiger partial charge in [0.2, 0.25) is 5.91 Å². The molecule has 0 fully saturated rings. The third-order valence-electron chi connectivity index (χ3n) is 2.66. The second-order valence-electron chi connectivity index (χ2n) is 4.43. The molecule has 0 radical (unpaired) electrons. The van der Waals surface area contributed by atoms with E-state index < -0.39 is 35.5 Å². The fourth-order valence-corrected chi connectivity index (χ4v) is 1.61. The van der Waals surface area contributed by atoms with E-state index in [4.69, 9.17) is 15.6 Å². The van der Waals surface area contributed by atoms with Gasteiger partial charge < -0.3 is 15.6 Å². The Morgan fingerprint density at radius 2 is 2.00 bits per heavy atom. The van der Waals surface area contributed by atoms with Crippen molar-refractivity contribution >= 4 is 11.9 Å². The van der Waals surface area contributed by atoms with E-state index in [-0.39, 0.29) is 18.4 Å². The number of rotatable bonds is 6. The highest BCUT2D eigenvalue weighted by Crippen LogP contribution is 2.37. The highest BCUT2D eigenvalue weighted by Gasteiger charge is 2.35. The van der Waals surface area contributed by atoms with E-state index in [1.165, 1.54) is 6.92 Å². The Kier molecular flexibility index (Phi) is 5.17. The summed E-state index contributed by atoms with van der Waals surface area (Å²) in [5, 5.41) is 8.52. The standard InChI is InChI=1S/C13H14F3NO4/c1-7(2-5-11(18)19)21-10-4-3-8(12(17)20)6-9(10)13(14,15)16/h3-4,6-7H,2,5H2,1H3,(H2,17,20)(H,18,19). The predicted octanol–water partition coefficient (Wildman–Crippen LogP) is 2.44. The number of nitrogens with two attached hydrogens (primary N) is 1.